The van der Waals surface area contributed by atoms with Crippen LogP contribution in [0.1, 0.15) is 46.6 Å². The van der Waals surface area contributed by atoms with Crippen LogP contribution in [-0.2, 0) is 0 Å². The number of halogens is 3. The third-order valence-corrected chi connectivity index (χ3v) is 5.88. The second-order valence-corrected chi connectivity index (χ2v) is 8.37. The minimum atomic E-state index is -3.42. The summed E-state index contributed by atoms with van der Waals surface area (Å²) in [5, 5.41) is 22.3. The number of nitrogens with one attached hydrogen (secondary N) is 1. The lowest BCUT2D eigenvalue weighted by Crippen LogP contribution is -2.49. The monoisotopic (exact) mass is 469 g/mol. The molecule has 7 nitrogen and oxygen atoms in total. The molecule has 0 radical (unpaired) electrons. The van der Waals surface area contributed by atoms with Gasteiger partial charge in [0, 0.05) is 24.2 Å². The Balaban J connectivity index is 1.78. The predicted octanol–water partition coefficient (Wildman–Crippen LogP) is 4.86. The van der Waals surface area contributed by atoms with E-state index in [2.05, 4.69) is 15.3 Å². The van der Waals surface area contributed by atoms with Crippen LogP contribution in [-0.4, -0.2) is 46.2 Å². The van der Waals surface area contributed by atoms with E-state index in [1.165, 1.54) is 11.0 Å². The van der Waals surface area contributed by atoms with Crippen molar-refractivity contribution in [2.24, 2.45) is 0 Å². The van der Waals surface area contributed by atoms with E-state index in [1.807, 2.05) is 26.0 Å². The van der Waals surface area contributed by atoms with Crippen molar-refractivity contribution < 1.29 is 23.1 Å². The molecule has 2 N–H and O–H groups in total. The van der Waals surface area contributed by atoms with Gasteiger partial charge in [-0.2, -0.15) is 5.26 Å². The third kappa shape index (κ3) is 4.33. The lowest BCUT2D eigenvalue weighted by Gasteiger charge is -2.35. The highest BCUT2D eigenvalue weighted by Crippen LogP contribution is 2.35. The molecule has 1 aliphatic rings. The molecule has 3 aromatic rings. The number of carboxylic acid groups (broad SMARTS) is 1. The van der Waals surface area contributed by atoms with E-state index in [0.717, 1.165) is 5.56 Å². The Morgan fingerprint density at radius 3 is 2.74 bits per heavy atom. The molecular formula is C24H22F3N5O2. The van der Waals surface area contributed by atoms with Crippen molar-refractivity contribution in [1.29, 1.82) is 5.26 Å². The highest BCUT2D eigenvalue weighted by atomic mass is 19.3. The fourth-order valence-corrected chi connectivity index (χ4v) is 4.11. The van der Waals surface area contributed by atoms with E-state index >= 15 is 0 Å². The number of nitriles is 1. The predicted molar refractivity (Wildman–Crippen MR) is 121 cm³/mol. The van der Waals surface area contributed by atoms with Crippen LogP contribution >= 0.6 is 0 Å². The number of aryl methyl sites for hydroxylation is 1. The van der Waals surface area contributed by atoms with E-state index in [0.29, 0.717) is 22.3 Å². The molecule has 0 bridgehead atoms. The molecule has 2 heterocycles. The molecule has 1 aromatic heterocycles. The summed E-state index contributed by atoms with van der Waals surface area (Å²) in [4.78, 5) is 21.9. The fraction of sp³-hybridized carbons (Fsp3) is 0.333. The molecule has 176 valence electrons. The van der Waals surface area contributed by atoms with Gasteiger partial charge in [0.25, 0.3) is 5.92 Å². The lowest BCUT2D eigenvalue weighted by atomic mass is 10.0. The highest BCUT2D eigenvalue weighted by Gasteiger charge is 2.45. The Morgan fingerprint density at radius 2 is 2.06 bits per heavy atom. The number of carbonyl (C=O) groups is 1. The van der Waals surface area contributed by atoms with Crippen molar-refractivity contribution in [2.45, 2.75) is 38.4 Å². The van der Waals surface area contributed by atoms with Gasteiger partial charge < -0.3 is 15.3 Å². The van der Waals surface area contributed by atoms with E-state index in [4.69, 9.17) is 0 Å². The first-order valence-electron chi connectivity index (χ1n) is 10.7. The molecule has 0 amide bonds. The van der Waals surface area contributed by atoms with Crippen molar-refractivity contribution in [2.75, 3.05) is 23.3 Å². The summed E-state index contributed by atoms with van der Waals surface area (Å²) in [5.41, 5.74) is 2.81. The fourth-order valence-electron chi connectivity index (χ4n) is 4.11. The Bertz CT molecular complexity index is 1310. The Hall–Kier alpha value is -3.87. The molecule has 4 rings (SSSR count). The molecule has 2 atom stereocenters. The summed E-state index contributed by atoms with van der Waals surface area (Å²) < 4.78 is 41.4. The Kier molecular flexibility index (Phi) is 6.04. The average molecular weight is 469 g/mol. The maximum Gasteiger partial charge on any atom is 0.337 e. The van der Waals surface area contributed by atoms with E-state index < -0.39 is 37.1 Å². The molecule has 0 spiro atoms. The maximum atomic E-state index is 14.1. The maximum absolute atomic E-state index is 14.1. The zero-order valence-corrected chi connectivity index (χ0v) is 18.5. The van der Waals surface area contributed by atoms with Crippen LogP contribution in [0.2, 0.25) is 0 Å². The van der Waals surface area contributed by atoms with Gasteiger partial charge in [0.05, 0.1) is 29.2 Å². The quantitative estimate of drug-likeness (QED) is 0.550. The second kappa shape index (κ2) is 8.82. The van der Waals surface area contributed by atoms with Gasteiger partial charge >= 0.3 is 5.97 Å². The van der Waals surface area contributed by atoms with E-state index in [1.54, 1.807) is 24.3 Å². The molecule has 1 unspecified atom stereocenters. The summed E-state index contributed by atoms with van der Waals surface area (Å²) in [6.45, 7) is 2.92. The van der Waals surface area contributed by atoms with Crippen molar-refractivity contribution in [1.82, 2.24) is 9.97 Å². The molecule has 10 heteroatoms. The number of fused-ring (bicyclic) bond motifs is 1. The number of hydrogen-bond acceptors (Lipinski definition) is 6. The number of para-hydroxylation sites is 1. The van der Waals surface area contributed by atoms with Crippen LogP contribution in [0, 0.1) is 18.3 Å². The zero-order chi connectivity index (χ0) is 24.6. The molecule has 2 aromatic carbocycles. The van der Waals surface area contributed by atoms with Gasteiger partial charge in [0.15, 0.2) is 17.7 Å². The first kappa shape index (κ1) is 23.3. The van der Waals surface area contributed by atoms with Crippen LogP contribution in [0.25, 0.3) is 11.0 Å². The SMILES string of the molecule is Cc1cc([C@@H](C)Nc2ccccc2C(=O)O)c2nc(N3CCC(F)(F)C(F)C3)c(C#N)nc2c1. The lowest BCUT2D eigenvalue weighted by molar-refractivity contribution is -0.0841. The Labute approximate surface area is 193 Å². The number of piperidine rings is 1. The molecule has 1 saturated heterocycles. The van der Waals surface area contributed by atoms with Gasteiger partial charge in [-0.15, -0.1) is 0 Å². The second-order valence-electron chi connectivity index (χ2n) is 8.37. The van der Waals surface area contributed by atoms with Gasteiger partial charge in [0.2, 0.25) is 0 Å². The van der Waals surface area contributed by atoms with Crippen LogP contribution in [0.15, 0.2) is 36.4 Å². The number of aromatic carboxylic acids is 1. The smallest absolute Gasteiger partial charge is 0.337 e. The minimum Gasteiger partial charge on any atom is -0.478 e. The first-order chi connectivity index (χ1) is 16.1. The average Bonchev–Trinajstić information content (AvgIpc) is 2.79. The van der Waals surface area contributed by atoms with Gasteiger partial charge in [0.1, 0.15) is 6.07 Å². The van der Waals surface area contributed by atoms with Crippen molar-refractivity contribution in [3.05, 3.63) is 58.8 Å². The number of benzene rings is 2. The number of aromatic nitrogens is 2. The summed E-state index contributed by atoms with van der Waals surface area (Å²) in [5.74, 6) is -4.45. The summed E-state index contributed by atoms with van der Waals surface area (Å²) in [7, 11) is 0. The van der Waals surface area contributed by atoms with Crippen molar-refractivity contribution >= 4 is 28.5 Å². The highest BCUT2D eigenvalue weighted by molar-refractivity contribution is 5.94. The molecular weight excluding hydrogens is 447 g/mol. The standard InChI is InChI=1S/C24H22F3N5O2/c1-13-9-16(14(2)29-17-6-4-3-5-15(17)23(33)34)21-18(10-13)30-19(11-28)22(31-21)32-8-7-24(26,27)20(25)12-32/h3-6,9-10,14,20,29H,7-8,12H2,1-2H3,(H,33,34)/t14-,20?/m1/s1. The number of nitrogens with zero attached hydrogens (tertiary/aromatic N) is 4. The first-order valence-corrected chi connectivity index (χ1v) is 10.7. The number of carboxylic acids is 1. The van der Waals surface area contributed by atoms with Crippen LogP contribution < -0.4 is 10.2 Å². The molecule has 34 heavy (non-hydrogen) atoms. The van der Waals surface area contributed by atoms with Crippen molar-refractivity contribution in [3.63, 3.8) is 0 Å². The van der Waals surface area contributed by atoms with E-state index in [9.17, 15) is 28.3 Å². The normalized spacial score (nSPS) is 18.4. The van der Waals surface area contributed by atoms with Gasteiger partial charge in [-0.05, 0) is 37.6 Å². The topological polar surface area (TPSA) is 102 Å². The third-order valence-electron chi connectivity index (χ3n) is 5.88. The van der Waals surface area contributed by atoms with E-state index in [-0.39, 0.29) is 23.6 Å². The van der Waals surface area contributed by atoms with Crippen LogP contribution in [0.4, 0.5) is 24.7 Å². The molecule has 1 aliphatic heterocycles. The largest absolute Gasteiger partial charge is 0.478 e. The minimum absolute atomic E-state index is 0.0522. The summed E-state index contributed by atoms with van der Waals surface area (Å²) in [6, 6.07) is 11.6. The summed E-state index contributed by atoms with van der Waals surface area (Å²) >= 11 is 0. The molecule has 0 aliphatic carbocycles. The van der Waals surface area contributed by atoms with Gasteiger partial charge in [-0.25, -0.2) is 27.9 Å². The molecule has 0 saturated carbocycles. The Morgan fingerprint density at radius 1 is 1.32 bits per heavy atom. The summed E-state index contributed by atoms with van der Waals surface area (Å²) in [6.07, 6.45) is -3.07. The number of hydrogen-bond donors (Lipinski definition) is 2. The van der Waals surface area contributed by atoms with Crippen LogP contribution in [0.5, 0.6) is 0 Å². The van der Waals surface area contributed by atoms with Gasteiger partial charge in [-0.3, -0.25) is 0 Å². The number of alkyl halides is 3. The number of anilines is 2. The number of rotatable bonds is 5. The molecule has 1 fully saturated rings. The van der Waals surface area contributed by atoms with Crippen LogP contribution in [0.3, 0.4) is 0 Å². The van der Waals surface area contributed by atoms with Gasteiger partial charge in [-0.1, -0.05) is 18.2 Å². The van der Waals surface area contributed by atoms with Crippen molar-refractivity contribution in [3.8, 4) is 6.07 Å². The zero-order valence-electron chi connectivity index (χ0n) is 18.5.